The van der Waals surface area contributed by atoms with E-state index < -0.39 is 0 Å². The Morgan fingerprint density at radius 2 is 1.27 bits per heavy atom. The molecule has 0 aromatic carbocycles. The van der Waals surface area contributed by atoms with Crippen molar-refractivity contribution < 1.29 is 19.1 Å². The lowest BCUT2D eigenvalue weighted by Crippen LogP contribution is -2.14. The molecule has 15 heavy (non-hydrogen) atoms. The zero-order valence-electron chi connectivity index (χ0n) is 8.32. The summed E-state index contributed by atoms with van der Waals surface area (Å²) in [6.07, 6.45) is 1.80. The molecule has 0 spiro atoms. The summed E-state index contributed by atoms with van der Waals surface area (Å²) in [6, 6.07) is 0. The second kappa shape index (κ2) is 8.83. The summed E-state index contributed by atoms with van der Waals surface area (Å²) in [4.78, 5) is 23.6. The zero-order valence-corrected chi connectivity index (χ0v) is 8.32. The van der Waals surface area contributed by atoms with Gasteiger partial charge in [-0.15, -0.1) is 0 Å². The van der Waals surface area contributed by atoms with Crippen LogP contribution < -0.4 is 4.91 Å². The predicted molar refractivity (Wildman–Crippen MR) is 48.0 cm³/mol. The summed E-state index contributed by atoms with van der Waals surface area (Å²) in [6.45, 7) is 0.882. The van der Waals surface area contributed by atoms with Crippen molar-refractivity contribution in [2.24, 2.45) is 0 Å². The maximum Gasteiger partial charge on any atom is 0.306 e. The third kappa shape index (κ3) is 8.58. The second-order valence-electron chi connectivity index (χ2n) is 2.76. The average Bonchev–Trinajstić information content (AvgIpc) is 2.21. The molecule has 7 nitrogen and oxygen atoms in total. The number of ether oxygens (including phenoxy) is 2. The van der Waals surface area contributed by atoms with Gasteiger partial charge in [0.15, 0.2) is 0 Å². The lowest BCUT2D eigenvalue weighted by atomic mass is 10.3. The number of nitrogens with one attached hydrogen (secondary N) is 2. The highest BCUT2D eigenvalue weighted by atomic mass is 16.5. The van der Waals surface area contributed by atoms with E-state index in [4.69, 9.17) is 20.5 Å². The Kier molecular flexibility index (Phi) is 7.80. The van der Waals surface area contributed by atoms with Crippen molar-refractivity contribution in [1.82, 2.24) is 4.91 Å². The van der Waals surface area contributed by atoms with E-state index in [2.05, 4.69) is 0 Å². The van der Waals surface area contributed by atoms with E-state index >= 15 is 0 Å². The number of nitrogens with zero attached hydrogens (tertiary/aromatic N) is 1. The number of carbonyl (C=O) groups is 2. The SMILES string of the molecule is N=[N+]=N.O=C1CCC(=O)OCCCCO1. The van der Waals surface area contributed by atoms with Gasteiger partial charge in [-0.05, 0) is 12.8 Å². The van der Waals surface area contributed by atoms with Crippen LogP contribution in [0.5, 0.6) is 0 Å². The second-order valence-corrected chi connectivity index (χ2v) is 2.76. The van der Waals surface area contributed by atoms with Crippen LogP contribution in [0.2, 0.25) is 0 Å². The van der Waals surface area contributed by atoms with Crippen LogP contribution in [0, 0.1) is 11.1 Å². The smallest absolute Gasteiger partial charge is 0.306 e. The third-order valence-corrected chi connectivity index (χ3v) is 1.60. The Labute approximate surface area is 86.8 Å². The fourth-order valence-corrected chi connectivity index (χ4v) is 0.925. The highest BCUT2D eigenvalue weighted by Gasteiger charge is 2.10. The van der Waals surface area contributed by atoms with Crippen molar-refractivity contribution in [3.8, 4) is 0 Å². The van der Waals surface area contributed by atoms with Gasteiger partial charge in [0.25, 0.3) is 0 Å². The molecule has 2 N–H and O–H groups in total. The standard InChI is InChI=1S/C8H12O4.H2N3/c9-7-3-4-8(10)12-6-2-1-5-11-7;1-3-2/h1-6H2;1-2H/q;+1. The number of cyclic esters (lactones) is 2. The Morgan fingerprint density at radius 1 is 0.933 bits per heavy atom. The molecule has 0 aliphatic carbocycles. The third-order valence-electron chi connectivity index (χ3n) is 1.60. The van der Waals surface area contributed by atoms with E-state index in [-0.39, 0.29) is 24.8 Å². The molecule has 0 bridgehead atoms. The van der Waals surface area contributed by atoms with Crippen LogP contribution in [0.3, 0.4) is 0 Å². The molecule has 0 saturated carbocycles. The van der Waals surface area contributed by atoms with Crippen molar-refractivity contribution in [3.05, 3.63) is 0 Å². The van der Waals surface area contributed by atoms with Crippen molar-refractivity contribution in [1.29, 1.82) is 11.1 Å². The quantitative estimate of drug-likeness (QED) is 0.353. The number of hydrogen-bond acceptors (Lipinski definition) is 6. The molecule has 0 amide bonds. The van der Waals surface area contributed by atoms with E-state index in [0.717, 1.165) is 12.8 Å². The molecule has 0 atom stereocenters. The minimum atomic E-state index is -0.311. The molecule has 0 unspecified atom stereocenters. The molecule has 84 valence electrons. The highest BCUT2D eigenvalue weighted by Crippen LogP contribution is 2.01. The van der Waals surface area contributed by atoms with Crippen LogP contribution in [0.1, 0.15) is 25.7 Å². The lowest BCUT2D eigenvalue weighted by Gasteiger charge is -2.08. The lowest BCUT2D eigenvalue weighted by molar-refractivity contribution is -0.152. The molecule has 0 aromatic heterocycles. The molecule has 1 rings (SSSR count). The fraction of sp³-hybridized carbons (Fsp3) is 0.750. The van der Waals surface area contributed by atoms with Gasteiger partial charge in [0.05, 0.1) is 26.1 Å². The first kappa shape index (κ1) is 13.2. The maximum absolute atomic E-state index is 10.8. The largest absolute Gasteiger partial charge is 0.466 e. The molecular weight excluding hydrogens is 202 g/mol. The van der Waals surface area contributed by atoms with Gasteiger partial charge in [-0.25, -0.2) is 0 Å². The van der Waals surface area contributed by atoms with Gasteiger partial charge in [0.1, 0.15) is 11.1 Å². The summed E-state index contributed by atoms with van der Waals surface area (Å²) >= 11 is 0. The fourth-order valence-electron chi connectivity index (χ4n) is 0.925. The summed E-state index contributed by atoms with van der Waals surface area (Å²) in [7, 11) is 0. The number of esters is 2. The van der Waals surface area contributed by atoms with Crippen molar-refractivity contribution in [3.63, 3.8) is 0 Å². The first-order valence-electron chi connectivity index (χ1n) is 4.55. The normalized spacial score (nSPS) is 17.3. The topological polar surface area (TPSA) is 114 Å². The molecule has 1 saturated heterocycles. The molecule has 0 aromatic rings. The van der Waals surface area contributed by atoms with Gasteiger partial charge < -0.3 is 9.47 Å². The van der Waals surface area contributed by atoms with Crippen LogP contribution in [0.15, 0.2) is 0 Å². The first-order chi connectivity index (χ1) is 7.20. The van der Waals surface area contributed by atoms with Crippen molar-refractivity contribution in [2.75, 3.05) is 13.2 Å². The minimum Gasteiger partial charge on any atom is -0.466 e. The number of rotatable bonds is 0. The predicted octanol–water partition coefficient (Wildman–Crippen LogP) is 0.762. The van der Waals surface area contributed by atoms with Crippen LogP contribution in [0.25, 0.3) is 0 Å². The van der Waals surface area contributed by atoms with Crippen molar-refractivity contribution in [2.45, 2.75) is 25.7 Å². The van der Waals surface area contributed by atoms with Crippen molar-refractivity contribution >= 4 is 11.9 Å². The Morgan fingerprint density at radius 3 is 1.60 bits per heavy atom. The molecule has 1 aliphatic rings. The van der Waals surface area contributed by atoms with E-state index in [1.54, 1.807) is 0 Å². The van der Waals surface area contributed by atoms with Crippen LogP contribution in [-0.2, 0) is 19.1 Å². The Balaban J connectivity index is 0.000000583. The van der Waals surface area contributed by atoms with Crippen LogP contribution >= 0.6 is 0 Å². The molecular formula is C8H14N3O4+. The Bertz CT molecular complexity index is 228. The van der Waals surface area contributed by atoms with E-state index in [1.807, 2.05) is 4.91 Å². The highest BCUT2D eigenvalue weighted by molar-refractivity contribution is 5.77. The molecule has 7 heteroatoms. The number of hydrogen-bond donors (Lipinski definition) is 2. The van der Waals surface area contributed by atoms with E-state index in [1.165, 1.54) is 0 Å². The average molecular weight is 216 g/mol. The summed E-state index contributed by atoms with van der Waals surface area (Å²) in [5.74, 6) is -0.622. The van der Waals surface area contributed by atoms with Gasteiger partial charge in [0, 0.05) is 0 Å². The molecule has 1 heterocycles. The molecule has 1 aliphatic heterocycles. The monoisotopic (exact) mass is 216 g/mol. The van der Waals surface area contributed by atoms with Crippen LogP contribution in [0.4, 0.5) is 0 Å². The van der Waals surface area contributed by atoms with Crippen LogP contribution in [-0.4, -0.2) is 25.2 Å². The van der Waals surface area contributed by atoms with E-state index in [9.17, 15) is 9.59 Å². The van der Waals surface area contributed by atoms with Gasteiger partial charge in [-0.2, -0.15) is 0 Å². The van der Waals surface area contributed by atoms with Gasteiger partial charge in [0.2, 0.25) is 4.91 Å². The van der Waals surface area contributed by atoms with Gasteiger partial charge in [-0.3, -0.25) is 9.59 Å². The maximum atomic E-state index is 10.8. The van der Waals surface area contributed by atoms with Gasteiger partial charge >= 0.3 is 11.9 Å². The van der Waals surface area contributed by atoms with E-state index in [0.29, 0.717) is 13.2 Å². The molecule has 0 radical (unpaired) electrons. The first-order valence-corrected chi connectivity index (χ1v) is 4.55. The van der Waals surface area contributed by atoms with Gasteiger partial charge in [-0.1, -0.05) is 0 Å². The number of carbonyl (C=O) groups excluding carboxylic acids is 2. The summed E-state index contributed by atoms with van der Waals surface area (Å²) in [5, 5.41) is 0. The minimum absolute atomic E-state index is 0.138. The molecule has 1 fully saturated rings. The summed E-state index contributed by atoms with van der Waals surface area (Å²) < 4.78 is 9.64. The zero-order chi connectivity index (χ0) is 11.5. The Hall–Kier alpha value is -1.75. The summed E-state index contributed by atoms with van der Waals surface area (Å²) in [5.41, 5.74) is 11.0.